The van der Waals surface area contributed by atoms with E-state index >= 15 is 0 Å². The molecule has 0 aliphatic rings. The van der Waals surface area contributed by atoms with E-state index in [1.165, 1.54) is 0 Å². The van der Waals surface area contributed by atoms with E-state index < -0.39 is 5.97 Å². The Bertz CT molecular complexity index is 244. The highest BCUT2D eigenvalue weighted by atomic mass is 16.5. The van der Waals surface area contributed by atoms with Crippen LogP contribution in [0, 0.1) is 11.8 Å². The lowest BCUT2D eigenvalue weighted by molar-refractivity contribution is -0.142. The molecule has 0 aromatic carbocycles. The topological polar surface area (TPSA) is 87.7 Å². The molecular weight excluding hydrogens is 224 g/mol. The first-order valence-corrected chi connectivity index (χ1v) is 5.74. The van der Waals surface area contributed by atoms with E-state index in [0.29, 0.717) is 24.9 Å². The highest BCUT2D eigenvalue weighted by Gasteiger charge is 2.08. The Morgan fingerprint density at radius 3 is 2.41 bits per heavy atom. The van der Waals surface area contributed by atoms with Gasteiger partial charge in [0.15, 0.2) is 0 Å². The first-order valence-electron chi connectivity index (χ1n) is 5.74. The minimum absolute atomic E-state index is 0.194. The summed E-state index contributed by atoms with van der Waals surface area (Å²) in [5, 5.41) is 13.6. The molecule has 6 nitrogen and oxygen atoms in total. The summed E-state index contributed by atoms with van der Waals surface area (Å²) in [4.78, 5) is 21.4. The number of aliphatic carboxylic acids is 1. The van der Waals surface area contributed by atoms with E-state index in [1.807, 2.05) is 0 Å². The lowest BCUT2D eigenvalue weighted by atomic mass is 9.98. The number of rotatable bonds is 8. The van der Waals surface area contributed by atoms with Crippen LogP contribution in [0.3, 0.4) is 0 Å². The lowest BCUT2D eigenvalue weighted by Crippen LogP contribution is -2.40. The smallest absolute Gasteiger partial charge is 0.329 e. The monoisotopic (exact) mass is 246 g/mol. The Morgan fingerprint density at radius 1 is 1.24 bits per heavy atom. The molecule has 1 unspecified atom stereocenters. The van der Waals surface area contributed by atoms with Crippen molar-refractivity contribution in [1.29, 1.82) is 0 Å². The number of ether oxygens (including phenoxy) is 1. The fourth-order valence-electron chi connectivity index (χ4n) is 0.948. The molecule has 0 heterocycles. The number of hydrogen-bond donors (Lipinski definition) is 3. The molecule has 0 rings (SSSR count). The van der Waals surface area contributed by atoms with E-state index in [1.54, 1.807) is 0 Å². The second kappa shape index (κ2) is 8.81. The molecule has 0 bridgehead atoms. The second-order valence-corrected chi connectivity index (χ2v) is 4.30. The van der Waals surface area contributed by atoms with Crippen LogP contribution in [0.1, 0.15) is 20.8 Å². The molecule has 100 valence electrons. The van der Waals surface area contributed by atoms with Gasteiger partial charge in [-0.15, -0.1) is 0 Å². The van der Waals surface area contributed by atoms with E-state index in [0.717, 1.165) is 0 Å². The predicted octanol–water partition coefficient (Wildman–Crippen LogP) is 0.679. The highest BCUT2D eigenvalue weighted by Crippen LogP contribution is 2.07. The van der Waals surface area contributed by atoms with Crippen molar-refractivity contribution in [2.45, 2.75) is 20.8 Å². The number of nitrogens with one attached hydrogen (secondary N) is 2. The average Bonchev–Trinajstić information content (AvgIpc) is 2.24. The third-order valence-corrected chi connectivity index (χ3v) is 2.48. The molecule has 2 amide bonds. The van der Waals surface area contributed by atoms with Gasteiger partial charge in [0, 0.05) is 13.1 Å². The van der Waals surface area contributed by atoms with Gasteiger partial charge in [-0.2, -0.15) is 0 Å². The van der Waals surface area contributed by atoms with Gasteiger partial charge < -0.3 is 20.5 Å². The number of carbonyl (C=O) groups excluding carboxylic acids is 1. The molecule has 17 heavy (non-hydrogen) atoms. The standard InChI is InChI=1S/C11H22N2O4/c1-8(2)9(3)6-13-11(16)12-4-5-17-7-10(14)15/h8-9H,4-7H2,1-3H3,(H,14,15)(H2,12,13,16). The summed E-state index contributed by atoms with van der Waals surface area (Å²) in [6.07, 6.45) is 0. The van der Waals surface area contributed by atoms with Crippen molar-refractivity contribution < 1.29 is 19.4 Å². The maximum atomic E-state index is 11.3. The van der Waals surface area contributed by atoms with Crippen LogP contribution in [-0.2, 0) is 9.53 Å². The summed E-state index contributed by atoms with van der Waals surface area (Å²) < 4.78 is 4.77. The third-order valence-electron chi connectivity index (χ3n) is 2.48. The van der Waals surface area contributed by atoms with Gasteiger partial charge in [-0.25, -0.2) is 9.59 Å². The summed E-state index contributed by atoms with van der Waals surface area (Å²) in [5.41, 5.74) is 0. The Hall–Kier alpha value is -1.30. The normalized spacial score (nSPS) is 12.2. The van der Waals surface area contributed by atoms with Crippen LogP contribution < -0.4 is 10.6 Å². The molecule has 6 heteroatoms. The third kappa shape index (κ3) is 9.62. The Morgan fingerprint density at radius 2 is 1.88 bits per heavy atom. The van der Waals surface area contributed by atoms with Crippen LogP contribution in [0.4, 0.5) is 4.79 Å². The zero-order chi connectivity index (χ0) is 13.3. The molecule has 1 atom stereocenters. The van der Waals surface area contributed by atoms with Gasteiger partial charge in [-0.3, -0.25) is 0 Å². The van der Waals surface area contributed by atoms with Crippen molar-refractivity contribution in [2.75, 3.05) is 26.3 Å². The molecule has 0 aromatic rings. The summed E-state index contributed by atoms with van der Waals surface area (Å²) in [6.45, 7) is 7.05. The Kier molecular flexibility index (Phi) is 8.13. The number of carboxylic acid groups (broad SMARTS) is 1. The molecule has 0 radical (unpaired) electrons. The van der Waals surface area contributed by atoms with Crippen molar-refractivity contribution in [3.8, 4) is 0 Å². The fourth-order valence-corrected chi connectivity index (χ4v) is 0.948. The van der Waals surface area contributed by atoms with Gasteiger partial charge in [0.2, 0.25) is 0 Å². The van der Waals surface area contributed by atoms with Crippen molar-refractivity contribution in [2.24, 2.45) is 11.8 Å². The Balaban J connectivity index is 3.44. The second-order valence-electron chi connectivity index (χ2n) is 4.30. The average molecular weight is 246 g/mol. The van der Waals surface area contributed by atoms with Crippen molar-refractivity contribution in [3.63, 3.8) is 0 Å². The largest absolute Gasteiger partial charge is 0.480 e. The van der Waals surface area contributed by atoms with Crippen LogP contribution in [0.25, 0.3) is 0 Å². The van der Waals surface area contributed by atoms with Gasteiger partial charge >= 0.3 is 12.0 Å². The number of urea groups is 1. The number of carbonyl (C=O) groups is 2. The summed E-state index contributed by atoms with van der Waals surface area (Å²) in [6, 6.07) is -0.253. The predicted molar refractivity (Wildman–Crippen MR) is 63.9 cm³/mol. The van der Waals surface area contributed by atoms with Crippen molar-refractivity contribution >= 4 is 12.0 Å². The Labute approximate surface area is 102 Å². The molecule has 0 fully saturated rings. The van der Waals surface area contributed by atoms with Crippen LogP contribution >= 0.6 is 0 Å². The fraction of sp³-hybridized carbons (Fsp3) is 0.818. The molecular formula is C11H22N2O4. The highest BCUT2D eigenvalue weighted by molar-refractivity contribution is 5.73. The van der Waals surface area contributed by atoms with Crippen molar-refractivity contribution in [3.05, 3.63) is 0 Å². The quantitative estimate of drug-likeness (QED) is 0.549. The van der Waals surface area contributed by atoms with Crippen LogP contribution in [-0.4, -0.2) is 43.4 Å². The van der Waals surface area contributed by atoms with Crippen LogP contribution in [0.5, 0.6) is 0 Å². The summed E-state index contributed by atoms with van der Waals surface area (Å²) in [5.74, 6) is -0.0709. The lowest BCUT2D eigenvalue weighted by Gasteiger charge is -2.16. The zero-order valence-electron chi connectivity index (χ0n) is 10.7. The minimum atomic E-state index is -1.01. The number of hydrogen-bond acceptors (Lipinski definition) is 3. The first-order chi connectivity index (χ1) is 7.93. The van der Waals surface area contributed by atoms with Crippen LogP contribution in [0.2, 0.25) is 0 Å². The molecule has 0 saturated heterocycles. The van der Waals surface area contributed by atoms with Gasteiger partial charge in [0.25, 0.3) is 0 Å². The molecule has 0 aliphatic heterocycles. The summed E-state index contributed by atoms with van der Waals surface area (Å²) >= 11 is 0. The first kappa shape index (κ1) is 15.7. The minimum Gasteiger partial charge on any atom is -0.480 e. The SMILES string of the molecule is CC(C)C(C)CNC(=O)NCCOCC(=O)O. The molecule has 0 aromatic heterocycles. The molecule has 0 aliphatic carbocycles. The maximum Gasteiger partial charge on any atom is 0.329 e. The van der Waals surface area contributed by atoms with Crippen molar-refractivity contribution in [1.82, 2.24) is 10.6 Å². The van der Waals surface area contributed by atoms with E-state index in [-0.39, 0.29) is 19.2 Å². The number of carboxylic acids is 1. The van der Waals surface area contributed by atoms with Gasteiger partial charge in [-0.05, 0) is 11.8 Å². The van der Waals surface area contributed by atoms with E-state index in [9.17, 15) is 9.59 Å². The summed E-state index contributed by atoms with van der Waals surface area (Å²) in [7, 11) is 0. The number of amides is 2. The van der Waals surface area contributed by atoms with Gasteiger partial charge in [-0.1, -0.05) is 20.8 Å². The van der Waals surface area contributed by atoms with Crippen LogP contribution in [0.15, 0.2) is 0 Å². The molecule has 0 saturated carbocycles. The van der Waals surface area contributed by atoms with Gasteiger partial charge in [0.05, 0.1) is 6.61 Å². The molecule has 0 spiro atoms. The zero-order valence-corrected chi connectivity index (χ0v) is 10.7. The molecule has 3 N–H and O–H groups in total. The van der Waals surface area contributed by atoms with E-state index in [4.69, 9.17) is 9.84 Å². The van der Waals surface area contributed by atoms with E-state index in [2.05, 4.69) is 31.4 Å². The maximum absolute atomic E-state index is 11.3. The van der Waals surface area contributed by atoms with Gasteiger partial charge in [0.1, 0.15) is 6.61 Å².